The van der Waals surface area contributed by atoms with Crippen LogP contribution in [0.1, 0.15) is 28.4 Å². The number of aliphatic hydroxyl groups excluding tert-OH is 1. The Labute approximate surface area is 206 Å². The van der Waals surface area contributed by atoms with Gasteiger partial charge in [-0.3, -0.25) is 9.88 Å². The van der Waals surface area contributed by atoms with Gasteiger partial charge >= 0.3 is 0 Å². The Kier molecular flexibility index (Phi) is 7.57. The molecule has 2 aromatic carbocycles. The second-order valence-corrected chi connectivity index (χ2v) is 8.40. The zero-order valence-corrected chi connectivity index (χ0v) is 20.0. The van der Waals surface area contributed by atoms with E-state index in [0.29, 0.717) is 0 Å². The maximum absolute atomic E-state index is 9.46. The summed E-state index contributed by atoms with van der Waals surface area (Å²) in [6.45, 7) is 5.62. The molecule has 7 nitrogen and oxygen atoms in total. The molecule has 0 radical (unpaired) electrons. The monoisotopic (exact) mass is 476 g/mol. The summed E-state index contributed by atoms with van der Waals surface area (Å²) >= 11 is 0. The predicted octanol–water partition coefficient (Wildman–Crippen LogP) is 3.95. The van der Waals surface area contributed by atoms with Gasteiger partial charge in [-0.15, -0.1) is 12.4 Å². The van der Waals surface area contributed by atoms with Crippen molar-refractivity contribution in [3.05, 3.63) is 102 Å². The van der Waals surface area contributed by atoms with E-state index in [4.69, 9.17) is 0 Å². The number of rotatable bonds is 6. The second-order valence-electron chi connectivity index (χ2n) is 8.40. The van der Waals surface area contributed by atoms with Crippen LogP contribution in [0.2, 0.25) is 0 Å². The van der Waals surface area contributed by atoms with E-state index in [1.165, 1.54) is 11.1 Å². The van der Waals surface area contributed by atoms with Crippen LogP contribution in [0, 0.1) is 6.92 Å². The third-order valence-electron chi connectivity index (χ3n) is 6.40. The Morgan fingerprint density at radius 1 is 0.971 bits per heavy atom. The highest BCUT2D eigenvalue weighted by atomic mass is 35.5. The van der Waals surface area contributed by atoms with E-state index in [-0.39, 0.29) is 25.1 Å². The minimum atomic E-state index is 0. The van der Waals surface area contributed by atoms with E-state index >= 15 is 0 Å². The van der Waals surface area contributed by atoms with Gasteiger partial charge in [-0.05, 0) is 30.2 Å². The molecule has 1 N–H and O–H groups in total. The van der Waals surface area contributed by atoms with Crippen molar-refractivity contribution >= 4 is 18.2 Å². The number of hydrogen-bond donors (Lipinski definition) is 1. The number of hydrogen-bond acceptors (Lipinski definition) is 6. The van der Waals surface area contributed by atoms with Gasteiger partial charge in [0.15, 0.2) is 0 Å². The minimum absolute atomic E-state index is 0. The molecule has 0 saturated carbocycles. The number of piperazine rings is 1. The molecular formula is C26H29ClN6O. The summed E-state index contributed by atoms with van der Waals surface area (Å²) in [5.41, 5.74) is 5.61. The zero-order chi connectivity index (χ0) is 22.6. The van der Waals surface area contributed by atoms with E-state index in [0.717, 1.165) is 48.9 Å². The SMILES string of the molecule is Cc1c(CN2CCN(c3cnccn3)CC2c2ccc(CO)cc2)cnn1-c1ccccc1.Cl. The summed E-state index contributed by atoms with van der Waals surface area (Å²) in [6.07, 6.45) is 7.27. The quantitative estimate of drug-likeness (QED) is 0.454. The van der Waals surface area contributed by atoms with Crippen molar-refractivity contribution < 1.29 is 5.11 Å². The van der Waals surface area contributed by atoms with Gasteiger partial charge in [0, 0.05) is 49.8 Å². The smallest absolute Gasteiger partial charge is 0.147 e. The molecule has 4 aromatic rings. The van der Waals surface area contributed by atoms with Crippen molar-refractivity contribution in [3.8, 4) is 5.69 Å². The van der Waals surface area contributed by atoms with Crippen LogP contribution in [0.25, 0.3) is 5.69 Å². The first-order valence-electron chi connectivity index (χ1n) is 11.3. The molecule has 0 aliphatic carbocycles. The van der Waals surface area contributed by atoms with Gasteiger partial charge in [0.2, 0.25) is 0 Å². The predicted molar refractivity (Wildman–Crippen MR) is 135 cm³/mol. The van der Waals surface area contributed by atoms with E-state index in [1.807, 2.05) is 47.4 Å². The minimum Gasteiger partial charge on any atom is -0.392 e. The first-order valence-corrected chi connectivity index (χ1v) is 11.3. The molecule has 2 aromatic heterocycles. The fourth-order valence-electron chi connectivity index (χ4n) is 4.48. The molecule has 0 bridgehead atoms. The van der Waals surface area contributed by atoms with Crippen LogP contribution in [0.3, 0.4) is 0 Å². The van der Waals surface area contributed by atoms with Crippen molar-refractivity contribution in [2.45, 2.75) is 26.1 Å². The Bertz CT molecular complexity index is 1180. The lowest BCUT2D eigenvalue weighted by Gasteiger charge is -2.42. The average molecular weight is 477 g/mol. The molecule has 1 saturated heterocycles. The number of halogens is 1. The van der Waals surface area contributed by atoms with Crippen LogP contribution in [0.5, 0.6) is 0 Å². The van der Waals surface area contributed by atoms with Crippen LogP contribution < -0.4 is 4.90 Å². The number of benzene rings is 2. The number of aromatic nitrogens is 4. The molecule has 8 heteroatoms. The highest BCUT2D eigenvalue weighted by Gasteiger charge is 2.30. The average Bonchev–Trinajstić information content (AvgIpc) is 3.25. The van der Waals surface area contributed by atoms with E-state index in [1.54, 1.807) is 12.4 Å². The number of anilines is 1. The van der Waals surface area contributed by atoms with Crippen molar-refractivity contribution in [2.75, 3.05) is 24.5 Å². The van der Waals surface area contributed by atoms with Gasteiger partial charge in [-0.25, -0.2) is 9.67 Å². The fourth-order valence-corrected chi connectivity index (χ4v) is 4.48. The molecule has 1 unspecified atom stereocenters. The summed E-state index contributed by atoms with van der Waals surface area (Å²) < 4.78 is 2.01. The van der Waals surface area contributed by atoms with Gasteiger partial charge in [0.25, 0.3) is 0 Å². The van der Waals surface area contributed by atoms with Crippen LogP contribution in [0.4, 0.5) is 5.82 Å². The third kappa shape index (κ3) is 4.97. The number of para-hydroxylation sites is 1. The summed E-state index contributed by atoms with van der Waals surface area (Å²) in [4.78, 5) is 13.6. The molecule has 1 fully saturated rings. The third-order valence-corrected chi connectivity index (χ3v) is 6.40. The number of nitrogens with zero attached hydrogens (tertiary/aromatic N) is 6. The Hall–Kier alpha value is -3.26. The van der Waals surface area contributed by atoms with E-state index in [2.05, 4.69) is 56.1 Å². The van der Waals surface area contributed by atoms with Gasteiger partial charge < -0.3 is 10.0 Å². The molecule has 0 amide bonds. The lowest BCUT2D eigenvalue weighted by molar-refractivity contribution is 0.168. The Morgan fingerprint density at radius 2 is 1.76 bits per heavy atom. The summed E-state index contributed by atoms with van der Waals surface area (Å²) in [5.74, 6) is 0.905. The van der Waals surface area contributed by atoms with Crippen LogP contribution in [-0.4, -0.2) is 49.4 Å². The van der Waals surface area contributed by atoms with Crippen molar-refractivity contribution in [1.82, 2.24) is 24.6 Å². The lowest BCUT2D eigenvalue weighted by atomic mass is 10.00. The topological polar surface area (TPSA) is 70.3 Å². The van der Waals surface area contributed by atoms with Crippen molar-refractivity contribution in [1.29, 1.82) is 0 Å². The number of aliphatic hydroxyl groups is 1. The molecule has 3 heterocycles. The highest BCUT2D eigenvalue weighted by molar-refractivity contribution is 5.85. The molecule has 5 rings (SSSR count). The Morgan fingerprint density at radius 3 is 2.47 bits per heavy atom. The van der Waals surface area contributed by atoms with Crippen LogP contribution >= 0.6 is 12.4 Å². The first-order chi connectivity index (χ1) is 16.2. The summed E-state index contributed by atoms with van der Waals surface area (Å²) in [6, 6.07) is 18.7. The molecule has 1 atom stereocenters. The largest absolute Gasteiger partial charge is 0.392 e. The molecule has 34 heavy (non-hydrogen) atoms. The standard InChI is InChI=1S/C26H28N6O.ClH/c1-20-23(15-29-32(20)24-5-3-2-4-6-24)17-30-13-14-31(26-16-27-11-12-28-26)18-25(30)22-9-7-21(19-33)8-10-22;/h2-12,15-16,25,33H,13-14,17-19H2,1H3;1H. The fraction of sp³-hybridized carbons (Fsp3) is 0.269. The molecule has 1 aliphatic heterocycles. The molecule has 0 spiro atoms. The Balaban J connectivity index is 0.00000274. The molecular weight excluding hydrogens is 448 g/mol. The van der Waals surface area contributed by atoms with Gasteiger partial charge in [-0.1, -0.05) is 42.5 Å². The summed E-state index contributed by atoms with van der Waals surface area (Å²) in [5, 5.41) is 14.1. The zero-order valence-electron chi connectivity index (χ0n) is 19.2. The first kappa shape index (κ1) is 23.9. The second kappa shape index (κ2) is 10.8. The van der Waals surface area contributed by atoms with Gasteiger partial charge in [0.05, 0.1) is 30.7 Å². The summed E-state index contributed by atoms with van der Waals surface area (Å²) in [7, 11) is 0. The van der Waals surface area contributed by atoms with Gasteiger partial charge in [0.1, 0.15) is 5.82 Å². The normalized spacial score (nSPS) is 16.3. The maximum Gasteiger partial charge on any atom is 0.147 e. The molecule has 1 aliphatic rings. The van der Waals surface area contributed by atoms with E-state index in [9.17, 15) is 5.11 Å². The maximum atomic E-state index is 9.46. The van der Waals surface area contributed by atoms with Crippen LogP contribution in [0.15, 0.2) is 79.4 Å². The lowest BCUT2D eigenvalue weighted by Crippen LogP contribution is -2.48. The molecule has 176 valence electrons. The van der Waals surface area contributed by atoms with E-state index < -0.39 is 0 Å². The van der Waals surface area contributed by atoms with Crippen molar-refractivity contribution in [3.63, 3.8) is 0 Å². The van der Waals surface area contributed by atoms with Crippen LogP contribution in [-0.2, 0) is 13.2 Å². The van der Waals surface area contributed by atoms with Crippen molar-refractivity contribution in [2.24, 2.45) is 0 Å². The van der Waals surface area contributed by atoms with Gasteiger partial charge in [-0.2, -0.15) is 5.10 Å². The highest BCUT2D eigenvalue weighted by Crippen LogP contribution is 2.30.